The van der Waals surface area contributed by atoms with Gasteiger partial charge in [0, 0.05) is 15.2 Å². The highest BCUT2D eigenvalue weighted by Crippen LogP contribution is 2.66. The first-order valence-corrected chi connectivity index (χ1v) is 13.9. The Bertz CT molecular complexity index is 844. The van der Waals surface area contributed by atoms with E-state index < -0.39 is 0 Å². The molecule has 0 aliphatic heterocycles. The van der Waals surface area contributed by atoms with Crippen molar-refractivity contribution in [1.29, 1.82) is 0 Å². The summed E-state index contributed by atoms with van der Waals surface area (Å²) < 4.78 is 3.57. The van der Waals surface area contributed by atoms with Gasteiger partial charge in [0.05, 0.1) is 6.10 Å². The number of aliphatic hydroxyl groups excluding tert-OH is 1. The Balaban J connectivity index is 0.00000118. The maximum absolute atomic E-state index is 10.2. The van der Waals surface area contributed by atoms with Crippen molar-refractivity contribution in [3.05, 3.63) is 47.8 Å². The molecule has 1 heterocycles. The van der Waals surface area contributed by atoms with Gasteiger partial charge in [-0.1, -0.05) is 48.4 Å². The van der Waals surface area contributed by atoms with Crippen molar-refractivity contribution in [3.8, 4) is 0 Å². The fourth-order valence-electron chi connectivity index (χ4n) is 7.21. The van der Waals surface area contributed by atoms with Crippen molar-refractivity contribution < 1.29 is 28.5 Å². The third-order valence-corrected chi connectivity index (χ3v) is 9.52. The largest absolute Gasteiger partial charge is 0.412 e. The molecule has 6 nitrogen and oxygen atoms in total. The summed E-state index contributed by atoms with van der Waals surface area (Å²) in [5, 5.41) is 17.7. The van der Waals surface area contributed by atoms with Crippen LogP contribution in [0.25, 0.3) is 5.57 Å². The number of hydrogen-bond donors (Lipinski definition) is 2. The maximum Gasteiger partial charge on any atom is 0.101 e. The maximum atomic E-state index is 10.2. The molecule has 0 bridgehead atoms. The summed E-state index contributed by atoms with van der Waals surface area (Å²) in [4.78, 5) is 4.38. The highest BCUT2D eigenvalue weighted by Gasteiger charge is 2.56. The summed E-state index contributed by atoms with van der Waals surface area (Å²) in [5.41, 5.74) is 5.09. The van der Waals surface area contributed by atoms with Gasteiger partial charge in [-0.15, -0.1) is 0 Å². The molecule has 1 aromatic heterocycles. The van der Waals surface area contributed by atoms with Crippen LogP contribution in [-0.4, -0.2) is 38.7 Å². The zero-order valence-corrected chi connectivity index (χ0v) is 21.4. The van der Waals surface area contributed by atoms with Crippen molar-refractivity contribution in [2.75, 3.05) is 6.26 Å². The Morgan fingerprint density at radius 2 is 1.85 bits per heavy atom. The summed E-state index contributed by atoms with van der Waals surface area (Å²) in [6.07, 6.45) is 18.8. The second-order valence-corrected chi connectivity index (χ2v) is 12.0. The summed E-state index contributed by atoms with van der Waals surface area (Å²) in [6.45, 7) is 5.03. The second-order valence-electron chi connectivity index (χ2n) is 10.0. The van der Waals surface area contributed by atoms with Gasteiger partial charge in [-0.2, -0.15) is 4.33 Å². The molecule has 0 radical (unpaired) electrons. The average Bonchev–Trinajstić information content (AvgIpc) is 3.13. The van der Waals surface area contributed by atoms with Crippen molar-refractivity contribution in [2.24, 2.45) is 28.6 Å². The molecule has 0 amide bonds. The lowest BCUT2D eigenvalue weighted by Crippen LogP contribution is -2.49. The minimum atomic E-state index is -0.106. The monoisotopic (exact) mass is 501 g/mol. The van der Waals surface area contributed by atoms with E-state index in [2.05, 4.69) is 47.5 Å². The van der Waals surface area contributed by atoms with Crippen LogP contribution in [0.15, 0.2) is 42.3 Å². The van der Waals surface area contributed by atoms with Gasteiger partial charge in [-0.05, 0) is 97.0 Å². The lowest BCUT2D eigenvalue weighted by molar-refractivity contribution is -0.114. The second kappa shape index (κ2) is 11.7. The van der Waals surface area contributed by atoms with Gasteiger partial charge < -0.3 is 16.1 Å². The van der Waals surface area contributed by atoms with Crippen LogP contribution >= 0.6 is 21.9 Å². The predicted molar refractivity (Wildman–Crippen MR) is 142 cm³/mol. The van der Waals surface area contributed by atoms with Crippen LogP contribution < -0.4 is 0 Å². The van der Waals surface area contributed by atoms with Gasteiger partial charge in [0.25, 0.3) is 0 Å². The van der Waals surface area contributed by atoms with E-state index in [4.69, 9.17) is 5.26 Å². The van der Waals surface area contributed by atoms with Gasteiger partial charge in [0.2, 0.25) is 0 Å². The summed E-state index contributed by atoms with van der Waals surface area (Å²) in [7, 11) is 1.35. The van der Waals surface area contributed by atoms with Gasteiger partial charge in [0.15, 0.2) is 0 Å². The highest BCUT2D eigenvalue weighted by atomic mass is 33.1. The van der Waals surface area contributed by atoms with E-state index in [1.54, 1.807) is 17.4 Å². The lowest BCUT2D eigenvalue weighted by Gasteiger charge is -2.57. The molecular formula is C25H43NO5S2. The Labute approximate surface area is 208 Å². The van der Waals surface area contributed by atoms with Crippen molar-refractivity contribution in [1.82, 2.24) is 4.98 Å². The van der Waals surface area contributed by atoms with E-state index in [1.165, 1.54) is 48.5 Å². The number of allylic oxidation sites excluding steroid dienone is 3. The van der Waals surface area contributed by atoms with Crippen molar-refractivity contribution >= 4 is 27.4 Å². The molecule has 0 spiro atoms. The average molecular weight is 502 g/mol. The topological polar surface area (TPSA) is 126 Å². The molecule has 4 aliphatic carbocycles. The molecule has 8 heteroatoms. The molecule has 2 unspecified atom stereocenters. The Morgan fingerprint density at radius 1 is 1.09 bits per heavy atom. The smallest absolute Gasteiger partial charge is 0.101 e. The SMILES string of the molecule is CSSOO.C[C@]12CC[C@H](O)CC1=CC[C@@H]1C2CC[C@]2(C)C(c3cccnc3)=CCC12.O.O.[HH].[HH]. The van der Waals surface area contributed by atoms with Crippen LogP contribution in [0.1, 0.15) is 67.2 Å². The third kappa shape index (κ3) is 5.22. The van der Waals surface area contributed by atoms with Crippen molar-refractivity contribution in [3.63, 3.8) is 0 Å². The van der Waals surface area contributed by atoms with Crippen LogP contribution in [0.4, 0.5) is 0 Å². The van der Waals surface area contributed by atoms with E-state index in [-0.39, 0.29) is 19.9 Å². The first-order chi connectivity index (χ1) is 14.9. The molecule has 4 aliphatic rings. The third-order valence-electron chi connectivity index (χ3n) is 8.73. The molecule has 0 aromatic carbocycles. The van der Waals surface area contributed by atoms with Crippen LogP contribution in [0.5, 0.6) is 0 Å². The summed E-state index contributed by atoms with van der Waals surface area (Å²) in [5.74, 6) is 2.36. The molecule has 6 N–H and O–H groups in total. The molecule has 33 heavy (non-hydrogen) atoms. The minimum Gasteiger partial charge on any atom is -0.412 e. The molecule has 5 rings (SSSR count). The Hall–Kier alpha value is -0.870. The molecule has 2 saturated carbocycles. The van der Waals surface area contributed by atoms with Crippen molar-refractivity contribution in [2.45, 2.75) is 64.9 Å². The summed E-state index contributed by atoms with van der Waals surface area (Å²) in [6, 6.07) is 4.31. The van der Waals surface area contributed by atoms with E-state index in [0.29, 0.717) is 10.8 Å². The number of aliphatic hydroxyl groups is 1. The van der Waals surface area contributed by atoms with E-state index in [1.807, 2.05) is 12.4 Å². The molecular weight excluding hydrogens is 458 g/mol. The number of rotatable bonds is 3. The molecule has 1 aromatic rings. The van der Waals surface area contributed by atoms with Gasteiger partial charge in [-0.25, -0.2) is 5.26 Å². The van der Waals surface area contributed by atoms with E-state index in [0.717, 1.165) is 41.7 Å². The molecule has 190 valence electrons. The first kappa shape index (κ1) is 28.4. The first-order valence-electron chi connectivity index (χ1n) is 11.4. The zero-order chi connectivity index (χ0) is 22.1. The van der Waals surface area contributed by atoms with Crippen LogP contribution in [0.2, 0.25) is 0 Å². The number of hydrogen-bond acceptors (Lipinski definition) is 6. The standard InChI is InChI=1S/C24H31NO.CH4O2S2.2H2O.2H2/c1-23-11-9-18(26)14-17(23)5-6-19-21-8-7-20(16-4-3-13-25-15-16)24(21,2)12-10-22(19)23;1-4-5-3-2;;;;/h3-5,7,13,15,18-19,21-22,26H,6,8-12,14H2,1-2H3;2H,1H3;2*1H2;2*1H/t18-,19-,21?,22?,23-,24+;;;;;/m0...../s1. The number of pyridine rings is 1. The number of fused-ring (bicyclic) bond motifs is 5. The lowest BCUT2D eigenvalue weighted by atomic mass is 9.47. The normalized spacial score (nSPS) is 36.3. The zero-order valence-electron chi connectivity index (χ0n) is 19.8. The number of nitrogens with zero attached hydrogens (tertiary/aromatic N) is 1. The molecule has 6 atom stereocenters. The molecule has 0 saturated heterocycles. The fraction of sp³-hybridized carbons (Fsp3) is 0.640. The highest BCUT2D eigenvalue weighted by molar-refractivity contribution is 8.74. The fourth-order valence-corrected chi connectivity index (χ4v) is 7.45. The van der Waals surface area contributed by atoms with Gasteiger partial charge in [-0.3, -0.25) is 4.98 Å². The van der Waals surface area contributed by atoms with Crippen LogP contribution in [-0.2, 0) is 4.33 Å². The Morgan fingerprint density at radius 3 is 2.48 bits per heavy atom. The van der Waals surface area contributed by atoms with E-state index >= 15 is 0 Å². The molecule has 2 fully saturated rings. The van der Waals surface area contributed by atoms with Gasteiger partial charge >= 0.3 is 0 Å². The minimum absolute atomic E-state index is 0. The number of aromatic nitrogens is 1. The predicted octanol–water partition coefficient (Wildman–Crippen LogP) is 5.64. The van der Waals surface area contributed by atoms with E-state index in [9.17, 15) is 5.11 Å². The Kier molecular flexibility index (Phi) is 10.1. The van der Waals surface area contributed by atoms with Gasteiger partial charge in [0.1, 0.15) is 11.1 Å². The van der Waals surface area contributed by atoms with Crippen LogP contribution in [0, 0.1) is 28.6 Å². The quantitative estimate of drug-likeness (QED) is 0.181. The van der Waals surface area contributed by atoms with Crippen LogP contribution in [0.3, 0.4) is 0 Å². The summed E-state index contributed by atoms with van der Waals surface area (Å²) >= 11 is 0.935.